The number of hydrogen-bond donors (Lipinski definition) is 5. The molecule has 0 aliphatic rings. The van der Waals surface area contributed by atoms with E-state index in [1.165, 1.54) is 77.0 Å². The lowest BCUT2D eigenvalue weighted by Gasteiger charge is -2.27. The van der Waals surface area contributed by atoms with Crippen LogP contribution in [0.2, 0.25) is 0 Å². The number of hydrogen-bond acceptors (Lipinski definition) is 5. The molecule has 0 saturated carbocycles. The van der Waals surface area contributed by atoms with Crippen molar-refractivity contribution >= 4 is 5.91 Å². The minimum atomic E-state index is -1.26. The zero-order valence-electron chi connectivity index (χ0n) is 24.2. The average Bonchev–Trinajstić information content (AvgIpc) is 2.90. The highest BCUT2D eigenvalue weighted by atomic mass is 16.3. The Kier molecular flexibility index (Phi) is 26.0. The van der Waals surface area contributed by atoms with Crippen molar-refractivity contribution in [1.29, 1.82) is 0 Å². The van der Waals surface area contributed by atoms with Crippen LogP contribution in [0.15, 0.2) is 12.2 Å². The minimum Gasteiger partial charge on any atom is -0.394 e. The van der Waals surface area contributed by atoms with E-state index in [0.29, 0.717) is 12.8 Å². The maximum atomic E-state index is 12.3. The summed E-state index contributed by atoms with van der Waals surface area (Å²) in [6.07, 6.45) is 23.8. The van der Waals surface area contributed by atoms with Crippen molar-refractivity contribution in [2.24, 2.45) is 0 Å². The number of carbonyl (C=O) groups is 1. The Bertz CT molecular complexity index is 528. The van der Waals surface area contributed by atoms with Gasteiger partial charge in [0.25, 0.3) is 0 Å². The maximum Gasteiger partial charge on any atom is 0.249 e. The zero-order chi connectivity index (χ0) is 27.6. The summed E-state index contributed by atoms with van der Waals surface area (Å²) in [7, 11) is 0. The van der Waals surface area contributed by atoms with E-state index in [1.807, 2.05) is 0 Å². The second-order valence-electron chi connectivity index (χ2n) is 10.8. The van der Waals surface area contributed by atoms with Gasteiger partial charge in [0.1, 0.15) is 12.2 Å². The lowest BCUT2D eigenvalue weighted by Crippen LogP contribution is -2.53. The van der Waals surface area contributed by atoms with Crippen LogP contribution in [0.1, 0.15) is 149 Å². The van der Waals surface area contributed by atoms with Gasteiger partial charge in [-0.3, -0.25) is 4.79 Å². The predicted octanol–water partition coefficient (Wildman–Crippen LogP) is 6.33. The summed E-state index contributed by atoms with van der Waals surface area (Å²) in [5.41, 5.74) is 0. The van der Waals surface area contributed by atoms with Crippen LogP contribution < -0.4 is 5.32 Å². The Morgan fingerprint density at radius 2 is 1.08 bits per heavy atom. The molecule has 0 radical (unpaired) electrons. The van der Waals surface area contributed by atoms with E-state index in [0.717, 1.165) is 44.9 Å². The smallest absolute Gasteiger partial charge is 0.249 e. The summed E-state index contributed by atoms with van der Waals surface area (Å²) in [6.45, 7) is 3.96. The second kappa shape index (κ2) is 26.6. The van der Waals surface area contributed by atoms with Crippen LogP contribution in [-0.4, -0.2) is 57.3 Å². The van der Waals surface area contributed by atoms with Gasteiger partial charge in [0.2, 0.25) is 5.91 Å². The molecule has 0 fully saturated rings. The standard InChI is InChI=1S/C31H61NO5/c1-3-5-7-9-11-13-14-15-17-19-21-23-25-29(35)31(37)32-27(26-33)30(36)28(34)24-22-20-18-16-12-10-8-6-4-2/h15,17,27-30,33-36H,3-14,16,18-26H2,1-2H3,(H,32,37)/b17-15-. The van der Waals surface area contributed by atoms with E-state index in [1.54, 1.807) is 0 Å². The molecule has 0 aromatic heterocycles. The number of nitrogens with one attached hydrogen (secondary N) is 1. The van der Waals surface area contributed by atoms with Gasteiger partial charge in [-0.25, -0.2) is 0 Å². The normalized spacial score (nSPS) is 15.1. The summed E-state index contributed by atoms with van der Waals surface area (Å²) in [5, 5.41) is 43.0. The van der Waals surface area contributed by atoms with Gasteiger partial charge in [-0.2, -0.15) is 0 Å². The highest BCUT2D eigenvalue weighted by Gasteiger charge is 2.28. The number of amides is 1. The lowest BCUT2D eigenvalue weighted by atomic mass is 9.99. The molecular formula is C31H61NO5. The fourth-order valence-corrected chi connectivity index (χ4v) is 4.63. The Hall–Kier alpha value is -0.950. The molecule has 0 spiro atoms. The topological polar surface area (TPSA) is 110 Å². The van der Waals surface area contributed by atoms with Crippen LogP contribution in [0, 0.1) is 0 Å². The summed E-state index contributed by atoms with van der Waals surface area (Å²) < 4.78 is 0. The molecule has 0 aromatic rings. The molecule has 4 unspecified atom stereocenters. The quantitative estimate of drug-likeness (QED) is 0.0633. The van der Waals surface area contributed by atoms with Crippen molar-refractivity contribution in [3.05, 3.63) is 12.2 Å². The number of rotatable bonds is 27. The van der Waals surface area contributed by atoms with Crippen molar-refractivity contribution < 1.29 is 25.2 Å². The van der Waals surface area contributed by atoms with Gasteiger partial charge in [-0.05, 0) is 38.5 Å². The highest BCUT2D eigenvalue weighted by Crippen LogP contribution is 2.14. The molecule has 37 heavy (non-hydrogen) atoms. The van der Waals surface area contributed by atoms with Crippen molar-refractivity contribution in [1.82, 2.24) is 5.32 Å². The van der Waals surface area contributed by atoms with Gasteiger partial charge < -0.3 is 25.7 Å². The molecule has 220 valence electrons. The van der Waals surface area contributed by atoms with Crippen molar-refractivity contribution in [3.8, 4) is 0 Å². The number of carbonyl (C=O) groups excluding carboxylic acids is 1. The molecule has 0 aromatic carbocycles. The van der Waals surface area contributed by atoms with Crippen molar-refractivity contribution in [2.45, 2.75) is 173 Å². The molecule has 0 saturated heterocycles. The number of aliphatic hydroxyl groups excluding tert-OH is 4. The van der Waals surface area contributed by atoms with Crippen molar-refractivity contribution in [2.75, 3.05) is 6.61 Å². The van der Waals surface area contributed by atoms with Gasteiger partial charge in [0, 0.05) is 0 Å². The van der Waals surface area contributed by atoms with Gasteiger partial charge in [0.15, 0.2) is 0 Å². The molecule has 0 bridgehead atoms. The molecule has 4 atom stereocenters. The molecule has 6 heteroatoms. The fourth-order valence-electron chi connectivity index (χ4n) is 4.63. The summed E-state index contributed by atoms with van der Waals surface area (Å²) >= 11 is 0. The largest absolute Gasteiger partial charge is 0.394 e. The van der Waals surface area contributed by atoms with Crippen LogP contribution in [-0.2, 0) is 4.79 Å². The van der Waals surface area contributed by atoms with E-state index >= 15 is 0 Å². The summed E-state index contributed by atoms with van der Waals surface area (Å²) in [6, 6.07) is -0.986. The third-order valence-electron chi connectivity index (χ3n) is 7.23. The fraction of sp³-hybridized carbons (Fsp3) is 0.903. The van der Waals surface area contributed by atoms with Crippen LogP contribution in [0.5, 0.6) is 0 Å². The predicted molar refractivity (Wildman–Crippen MR) is 154 cm³/mol. The molecule has 0 heterocycles. The molecule has 6 nitrogen and oxygen atoms in total. The minimum absolute atomic E-state index is 0.340. The molecule has 0 aliphatic heterocycles. The Labute approximate surface area is 228 Å². The number of unbranched alkanes of at least 4 members (excludes halogenated alkanes) is 16. The molecule has 1 amide bonds. The van der Waals surface area contributed by atoms with Crippen LogP contribution in [0.25, 0.3) is 0 Å². The second-order valence-corrected chi connectivity index (χ2v) is 10.8. The van der Waals surface area contributed by atoms with E-state index in [-0.39, 0.29) is 0 Å². The summed E-state index contributed by atoms with van der Waals surface area (Å²) in [5.74, 6) is -0.605. The Balaban J connectivity index is 3.95. The molecule has 0 aliphatic carbocycles. The van der Waals surface area contributed by atoms with Gasteiger partial charge in [0.05, 0.1) is 18.8 Å². The average molecular weight is 528 g/mol. The van der Waals surface area contributed by atoms with Crippen LogP contribution in [0.4, 0.5) is 0 Å². The first-order chi connectivity index (χ1) is 18.0. The first kappa shape index (κ1) is 36.0. The summed E-state index contributed by atoms with van der Waals surface area (Å²) in [4.78, 5) is 12.3. The third kappa shape index (κ3) is 21.7. The van der Waals surface area contributed by atoms with Gasteiger partial charge >= 0.3 is 0 Å². The van der Waals surface area contributed by atoms with E-state index in [2.05, 4.69) is 31.3 Å². The van der Waals surface area contributed by atoms with Crippen molar-refractivity contribution in [3.63, 3.8) is 0 Å². The SMILES string of the molecule is CCCCCCCC/C=C\CCCCC(O)C(=O)NC(CO)C(O)C(O)CCCCCCCCCCC. The van der Waals surface area contributed by atoms with E-state index < -0.39 is 36.9 Å². The van der Waals surface area contributed by atoms with Gasteiger partial charge in [-0.1, -0.05) is 122 Å². The highest BCUT2D eigenvalue weighted by molar-refractivity contribution is 5.80. The Morgan fingerprint density at radius 3 is 1.59 bits per heavy atom. The first-order valence-electron chi connectivity index (χ1n) is 15.6. The molecule has 5 N–H and O–H groups in total. The molecular weight excluding hydrogens is 466 g/mol. The first-order valence-corrected chi connectivity index (χ1v) is 15.6. The van der Waals surface area contributed by atoms with Crippen LogP contribution in [0.3, 0.4) is 0 Å². The number of allylic oxidation sites excluding steroid dienone is 2. The monoisotopic (exact) mass is 527 g/mol. The third-order valence-corrected chi connectivity index (χ3v) is 7.23. The maximum absolute atomic E-state index is 12.3. The lowest BCUT2D eigenvalue weighted by molar-refractivity contribution is -0.132. The number of aliphatic hydroxyl groups is 4. The zero-order valence-corrected chi connectivity index (χ0v) is 24.2. The van der Waals surface area contributed by atoms with E-state index in [4.69, 9.17) is 0 Å². The van der Waals surface area contributed by atoms with E-state index in [9.17, 15) is 25.2 Å². The Morgan fingerprint density at radius 1 is 0.649 bits per heavy atom. The molecule has 0 rings (SSSR count). The van der Waals surface area contributed by atoms with Gasteiger partial charge in [-0.15, -0.1) is 0 Å². The van der Waals surface area contributed by atoms with Crippen LogP contribution >= 0.6 is 0 Å².